The summed E-state index contributed by atoms with van der Waals surface area (Å²) < 4.78 is 23.5. The molecule has 6 saturated heterocycles. The van der Waals surface area contributed by atoms with E-state index in [2.05, 4.69) is 13.8 Å². The molecule has 0 aromatic rings. The summed E-state index contributed by atoms with van der Waals surface area (Å²) in [4.78, 5) is 27.9. The van der Waals surface area contributed by atoms with Crippen LogP contribution in [-0.2, 0) is 28.5 Å². The average Bonchev–Trinajstić information content (AvgIpc) is 3.51. The van der Waals surface area contributed by atoms with Gasteiger partial charge < -0.3 is 39.0 Å². The van der Waals surface area contributed by atoms with Crippen LogP contribution < -0.4 is 0 Å². The summed E-state index contributed by atoms with van der Waals surface area (Å²) in [5.74, 6) is -0.833. The Morgan fingerprint density at radius 1 is 0.711 bits per heavy atom. The molecule has 6 aliphatic rings. The van der Waals surface area contributed by atoms with E-state index in [9.17, 15) is 19.8 Å². The first kappa shape index (κ1) is 28.2. The molecule has 216 valence electrons. The predicted octanol–water partition coefficient (Wildman–Crippen LogP) is 1.80. The van der Waals surface area contributed by atoms with Crippen molar-refractivity contribution >= 4 is 11.8 Å². The second kappa shape index (κ2) is 10.3. The van der Waals surface area contributed by atoms with E-state index in [-0.39, 0.29) is 60.1 Å². The molecule has 6 rings (SSSR count). The van der Waals surface area contributed by atoms with Crippen LogP contribution in [0.15, 0.2) is 0 Å². The third-order valence-corrected chi connectivity index (χ3v) is 9.09. The standard InChI is InChI=1S/2C14H23NO4/c2*1-4-5-8-6-10(16)15-7-9-13(11(15)12(8)17)19-14(2,3)18-9/h2*8-9,11-13,17H,4-7H2,1-3H3/t8-,9+,11+,12+,13+;8-,9+,11-,12-,13+/m00/s1. The first-order valence-electron chi connectivity index (χ1n) is 14.5. The third-order valence-electron chi connectivity index (χ3n) is 9.09. The molecule has 0 saturated carbocycles. The SMILES string of the molecule is CCC[C@H]1CC(=O)N2C[C@H]3OC(C)(C)O[C@H]3[C@@H]2[C@H]1O.CCC[C@H]1CC(=O)N2C[C@H]3OC(C)(C)O[C@H]3[C@H]2[C@@H]1O. The Morgan fingerprint density at radius 3 is 1.42 bits per heavy atom. The number of fused-ring (bicyclic) bond motifs is 6. The quantitative estimate of drug-likeness (QED) is 0.557. The molecule has 0 aromatic heterocycles. The Morgan fingerprint density at radius 2 is 1.08 bits per heavy atom. The van der Waals surface area contributed by atoms with Crippen molar-refractivity contribution in [1.82, 2.24) is 9.80 Å². The molecule has 6 heterocycles. The van der Waals surface area contributed by atoms with E-state index in [1.54, 1.807) is 9.80 Å². The van der Waals surface area contributed by atoms with Crippen molar-refractivity contribution in [3.05, 3.63) is 0 Å². The Balaban J connectivity index is 0.000000155. The molecule has 0 aliphatic carbocycles. The van der Waals surface area contributed by atoms with Gasteiger partial charge in [0, 0.05) is 12.8 Å². The molecule has 38 heavy (non-hydrogen) atoms. The van der Waals surface area contributed by atoms with E-state index in [1.807, 2.05) is 27.7 Å². The van der Waals surface area contributed by atoms with Crippen LogP contribution in [0.25, 0.3) is 0 Å². The van der Waals surface area contributed by atoms with Crippen LogP contribution in [0.1, 0.15) is 80.1 Å². The van der Waals surface area contributed by atoms with Crippen molar-refractivity contribution in [2.24, 2.45) is 11.8 Å². The molecule has 6 aliphatic heterocycles. The maximum Gasteiger partial charge on any atom is 0.223 e. The number of hydrogen-bond donors (Lipinski definition) is 2. The molecule has 10 nitrogen and oxygen atoms in total. The van der Waals surface area contributed by atoms with Gasteiger partial charge in [-0.25, -0.2) is 0 Å². The maximum absolute atomic E-state index is 12.2. The van der Waals surface area contributed by atoms with Gasteiger partial charge in [-0.3, -0.25) is 9.59 Å². The predicted molar refractivity (Wildman–Crippen MR) is 137 cm³/mol. The van der Waals surface area contributed by atoms with Crippen LogP contribution in [0, 0.1) is 11.8 Å². The summed E-state index contributed by atoms with van der Waals surface area (Å²) in [5, 5.41) is 21.2. The fraction of sp³-hybridized carbons (Fsp3) is 0.929. The zero-order chi connectivity index (χ0) is 27.6. The van der Waals surface area contributed by atoms with Crippen LogP contribution >= 0.6 is 0 Å². The normalized spacial score (nSPS) is 44.3. The summed E-state index contributed by atoms with van der Waals surface area (Å²) in [7, 11) is 0. The van der Waals surface area contributed by atoms with E-state index in [0.717, 1.165) is 25.7 Å². The second-order valence-corrected chi connectivity index (χ2v) is 12.8. The van der Waals surface area contributed by atoms with E-state index in [1.165, 1.54) is 0 Å². The summed E-state index contributed by atoms with van der Waals surface area (Å²) in [6.07, 6.45) is 3.09. The van der Waals surface area contributed by atoms with Crippen LogP contribution in [-0.4, -0.2) is 105 Å². The van der Waals surface area contributed by atoms with Crippen molar-refractivity contribution < 1.29 is 38.7 Å². The van der Waals surface area contributed by atoms with E-state index >= 15 is 0 Å². The highest BCUT2D eigenvalue weighted by Gasteiger charge is 2.60. The molecule has 2 amide bonds. The minimum Gasteiger partial charge on any atom is -0.391 e. The van der Waals surface area contributed by atoms with Gasteiger partial charge in [0.15, 0.2) is 11.6 Å². The van der Waals surface area contributed by atoms with Crippen LogP contribution in [0.4, 0.5) is 0 Å². The number of piperidine rings is 2. The molecule has 0 bridgehead atoms. The number of nitrogens with zero attached hydrogens (tertiary/aromatic N) is 2. The van der Waals surface area contributed by atoms with Gasteiger partial charge in [0.05, 0.1) is 37.4 Å². The number of carbonyl (C=O) groups is 2. The monoisotopic (exact) mass is 538 g/mol. The van der Waals surface area contributed by atoms with Gasteiger partial charge in [-0.1, -0.05) is 26.7 Å². The molecular formula is C28H46N2O8. The zero-order valence-corrected chi connectivity index (χ0v) is 23.7. The fourth-order valence-electron chi connectivity index (χ4n) is 7.64. The molecule has 10 heteroatoms. The van der Waals surface area contributed by atoms with Crippen LogP contribution in [0.3, 0.4) is 0 Å². The van der Waals surface area contributed by atoms with Gasteiger partial charge in [-0.15, -0.1) is 0 Å². The lowest BCUT2D eigenvalue weighted by Crippen LogP contribution is -2.56. The van der Waals surface area contributed by atoms with Crippen molar-refractivity contribution in [3.8, 4) is 0 Å². The maximum atomic E-state index is 12.2. The topological polar surface area (TPSA) is 118 Å². The van der Waals surface area contributed by atoms with E-state index < -0.39 is 23.8 Å². The lowest BCUT2D eigenvalue weighted by Gasteiger charge is -2.41. The number of carbonyl (C=O) groups excluding carboxylic acids is 2. The highest BCUT2D eigenvalue weighted by atomic mass is 16.8. The molecule has 0 unspecified atom stereocenters. The first-order chi connectivity index (χ1) is 17.9. The number of ether oxygens (including phenoxy) is 4. The number of amides is 2. The lowest BCUT2D eigenvalue weighted by molar-refractivity contribution is -0.181. The van der Waals surface area contributed by atoms with Crippen LogP contribution in [0.2, 0.25) is 0 Å². The summed E-state index contributed by atoms with van der Waals surface area (Å²) in [6, 6.07) is -0.464. The van der Waals surface area contributed by atoms with Crippen LogP contribution in [0.5, 0.6) is 0 Å². The molecule has 10 atom stereocenters. The van der Waals surface area contributed by atoms with Gasteiger partial charge in [-0.05, 0) is 52.4 Å². The number of aliphatic hydroxyl groups excluding tert-OH is 2. The molecule has 0 radical (unpaired) electrons. The largest absolute Gasteiger partial charge is 0.391 e. The zero-order valence-electron chi connectivity index (χ0n) is 23.7. The smallest absolute Gasteiger partial charge is 0.223 e. The van der Waals surface area contributed by atoms with E-state index in [0.29, 0.717) is 25.9 Å². The van der Waals surface area contributed by atoms with Gasteiger partial charge >= 0.3 is 0 Å². The molecule has 0 aromatic carbocycles. The highest BCUT2D eigenvalue weighted by Crippen LogP contribution is 2.44. The Hall–Kier alpha value is -1.30. The van der Waals surface area contributed by atoms with Crippen molar-refractivity contribution in [3.63, 3.8) is 0 Å². The highest BCUT2D eigenvalue weighted by molar-refractivity contribution is 5.79. The summed E-state index contributed by atoms with van der Waals surface area (Å²) >= 11 is 0. The number of hydrogen-bond acceptors (Lipinski definition) is 8. The van der Waals surface area contributed by atoms with Gasteiger partial charge in [0.2, 0.25) is 11.8 Å². The molecule has 2 N–H and O–H groups in total. The van der Waals surface area contributed by atoms with Gasteiger partial charge in [0.1, 0.15) is 24.4 Å². The number of aliphatic hydroxyl groups is 2. The summed E-state index contributed by atoms with van der Waals surface area (Å²) in [5.41, 5.74) is 0. The van der Waals surface area contributed by atoms with Crippen molar-refractivity contribution in [1.29, 1.82) is 0 Å². The Kier molecular flexibility index (Phi) is 7.63. The van der Waals surface area contributed by atoms with Crippen molar-refractivity contribution in [2.45, 2.75) is 140 Å². The second-order valence-electron chi connectivity index (χ2n) is 12.8. The Labute approximate surface area is 225 Å². The fourth-order valence-corrected chi connectivity index (χ4v) is 7.64. The average molecular weight is 539 g/mol. The molecular weight excluding hydrogens is 492 g/mol. The minimum absolute atomic E-state index is 0.0600. The van der Waals surface area contributed by atoms with E-state index in [4.69, 9.17) is 18.9 Å². The molecule has 0 spiro atoms. The van der Waals surface area contributed by atoms with Gasteiger partial charge in [-0.2, -0.15) is 0 Å². The summed E-state index contributed by atoms with van der Waals surface area (Å²) in [6.45, 7) is 12.8. The lowest BCUT2D eigenvalue weighted by atomic mass is 9.83. The number of rotatable bonds is 4. The van der Waals surface area contributed by atoms with Gasteiger partial charge in [0.25, 0.3) is 0 Å². The molecule has 6 fully saturated rings. The first-order valence-corrected chi connectivity index (χ1v) is 14.5. The third kappa shape index (κ3) is 5.01. The minimum atomic E-state index is -0.609. The Bertz CT molecular complexity index is 839. The van der Waals surface area contributed by atoms with Crippen molar-refractivity contribution in [2.75, 3.05) is 13.1 Å².